The molecule has 2 aliphatic heterocycles. The van der Waals surface area contributed by atoms with E-state index in [-0.39, 0.29) is 24.5 Å². The molecule has 6 nitrogen and oxygen atoms in total. The van der Waals surface area contributed by atoms with Gasteiger partial charge in [0, 0.05) is 12.4 Å². The van der Waals surface area contributed by atoms with Crippen LogP contribution in [0.4, 0.5) is 0 Å². The van der Waals surface area contributed by atoms with Gasteiger partial charge in [-0.2, -0.15) is 0 Å². The Morgan fingerprint density at radius 1 is 0.806 bits per heavy atom. The number of nitrogens with zero attached hydrogens (tertiary/aromatic N) is 2. The lowest BCUT2D eigenvalue weighted by Crippen LogP contribution is -2.39. The Bertz CT molecular complexity index is 1170. The summed E-state index contributed by atoms with van der Waals surface area (Å²) < 4.78 is 28.1. The second-order valence-electron chi connectivity index (χ2n) is 9.73. The fourth-order valence-corrected chi connectivity index (χ4v) is 5.43. The van der Waals surface area contributed by atoms with E-state index in [0.29, 0.717) is 6.61 Å². The predicted octanol–water partition coefficient (Wildman–Crippen LogP) is 5.31. The highest BCUT2D eigenvalue weighted by Gasteiger charge is 2.56. The van der Waals surface area contributed by atoms with Crippen LogP contribution < -0.4 is 0 Å². The maximum absolute atomic E-state index is 7.03. The second-order valence-corrected chi connectivity index (χ2v) is 9.73. The van der Waals surface area contributed by atoms with Crippen LogP contribution in [-0.2, 0) is 24.5 Å². The fourth-order valence-electron chi connectivity index (χ4n) is 5.43. The first kappa shape index (κ1) is 23.1. The van der Waals surface area contributed by atoms with Crippen molar-refractivity contribution in [1.82, 2.24) is 9.55 Å². The van der Waals surface area contributed by atoms with Gasteiger partial charge in [0.15, 0.2) is 12.0 Å². The predicted molar refractivity (Wildman–Crippen MR) is 135 cm³/mol. The average Bonchev–Trinajstić information content (AvgIpc) is 3.62. The molecule has 0 N–H and O–H groups in total. The van der Waals surface area contributed by atoms with Crippen LogP contribution in [0.3, 0.4) is 0 Å². The van der Waals surface area contributed by atoms with Gasteiger partial charge in [-0.05, 0) is 30.5 Å². The molecule has 2 aliphatic rings. The third kappa shape index (κ3) is 4.06. The first-order valence-corrected chi connectivity index (χ1v) is 12.4. The minimum Gasteiger partial charge on any atom is -0.358 e. The molecular weight excluding hydrogens is 452 g/mol. The van der Waals surface area contributed by atoms with Crippen LogP contribution in [0, 0.1) is 0 Å². The second kappa shape index (κ2) is 9.30. The molecule has 0 radical (unpaired) electrons. The van der Waals surface area contributed by atoms with Crippen molar-refractivity contribution in [3.63, 3.8) is 0 Å². The maximum Gasteiger partial charge on any atom is 0.164 e. The normalized spacial score (nSPS) is 25.1. The number of aromatic nitrogens is 2. The molecule has 3 aromatic carbocycles. The van der Waals surface area contributed by atoms with Crippen molar-refractivity contribution in [2.75, 3.05) is 6.61 Å². The SMILES string of the molecule is CC1(C)O[C@@H]2[C@H](O1)[C@@H](COC(c1ccccc1)(c1ccccc1)c1ccccc1)O[C@H]2n1ccnc1. The number of hydrogen-bond acceptors (Lipinski definition) is 5. The molecule has 0 aliphatic carbocycles. The first-order valence-electron chi connectivity index (χ1n) is 12.4. The third-order valence-corrected chi connectivity index (χ3v) is 6.95. The molecule has 2 fully saturated rings. The van der Waals surface area contributed by atoms with E-state index >= 15 is 0 Å². The zero-order valence-electron chi connectivity index (χ0n) is 20.4. The van der Waals surface area contributed by atoms with Gasteiger partial charge in [-0.25, -0.2) is 4.98 Å². The Morgan fingerprint density at radius 3 is 1.83 bits per heavy atom. The van der Waals surface area contributed by atoms with Crippen molar-refractivity contribution >= 4 is 0 Å². The topological polar surface area (TPSA) is 54.7 Å². The van der Waals surface area contributed by atoms with Gasteiger partial charge in [-0.3, -0.25) is 0 Å². The van der Waals surface area contributed by atoms with Crippen molar-refractivity contribution in [3.05, 3.63) is 126 Å². The minimum atomic E-state index is -0.829. The van der Waals surface area contributed by atoms with Gasteiger partial charge in [0.05, 0.1) is 12.9 Å². The number of benzene rings is 3. The highest BCUT2D eigenvalue weighted by atomic mass is 16.8. The molecule has 0 unspecified atom stereocenters. The van der Waals surface area contributed by atoms with Gasteiger partial charge < -0.3 is 23.5 Å². The number of hydrogen-bond donors (Lipinski definition) is 0. The van der Waals surface area contributed by atoms with Crippen LogP contribution >= 0.6 is 0 Å². The Hall–Kier alpha value is -3.29. The highest BCUT2D eigenvalue weighted by molar-refractivity contribution is 5.47. The zero-order chi connectivity index (χ0) is 24.6. The Kier molecular flexibility index (Phi) is 5.97. The summed E-state index contributed by atoms with van der Waals surface area (Å²) in [5.41, 5.74) is 2.32. The number of ether oxygens (including phenoxy) is 4. The summed E-state index contributed by atoms with van der Waals surface area (Å²) >= 11 is 0. The maximum atomic E-state index is 7.03. The fraction of sp³-hybridized carbons (Fsp3) is 0.300. The van der Waals surface area contributed by atoms with Crippen molar-refractivity contribution < 1.29 is 18.9 Å². The quantitative estimate of drug-likeness (QED) is 0.334. The van der Waals surface area contributed by atoms with E-state index in [0.717, 1.165) is 16.7 Å². The van der Waals surface area contributed by atoms with Crippen LogP contribution in [0.5, 0.6) is 0 Å². The van der Waals surface area contributed by atoms with Crippen LogP contribution in [0.1, 0.15) is 36.8 Å². The number of fused-ring (bicyclic) bond motifs is 1. The van der Waals surface area contributed by atoms with E-state index in [4.69, 9.17) is 18.9 Å². The summed E-state index contributed by atoms with van der Waals surface area (Å²) in [5, 5.41) is 0. The molecule has 0 spiro atoms. The van der Waals surface area contributed by atoms with Gasteiger partial charge in [-0.15, -0.1) is 0 Å². The summed E-state index contributed by atoms with van der Waals surface area (Å²) in [6.07, 6.45) is 4.18. The molecule has 36 heavy (non-hydrogen) atoms. The van der Waals surface area contributed by atoms with Crippen molar-refractivity contribution in [2.45, 2.75) is 49.8 Å². The molecular formula is C30H30N2O4. The first-order chi connectivity index (χ1) is 17.6. The van der Waals surface area contributed by atoms with Crippen LogP contribution in [0.25, 0.3) is 0 Å². The van der Waals surface area contributed by atoms with Gasteiger partial charge in [0.25, 0.3) is 0 Å². The standard InChI is InChI=1S/C30H30N2O4/c1-29(2)35-26-25(34-28(27(26)36-29)32-19-18-31-21-32)20-33-30(22-12-6-3-7-13-22,23-14-8-4-9-15-23)24-16-10-5-11-17-24/h3-19,21,25-28H,20H2,1-2H3/t25-,26-,27-,28-/m1/s1. The molecule has 0 saturated carbocycles. The summed E-state index contributed by atoms with van der Waals surface area (Å²) in [5.74, 6) is -0.703. The Balaban J connectivity index is 1.39. The molecule has 1 aromatic heterocycles. The number of rotatable bonds is 7. The lowest BCUT2D eigenvalue weighted by Gasteiger charge is -2.37. The monoisotopic (exact) mass is 482 g/mol. The van der Waals surface area contributed by atoms with Crippen molar-refractivity contribution in [3.8, 4) is 0 Å². The van der Waals surface area contributed by atoms with E-state index in [9.17, 15) is 0 Å². The van der Waals surface area contributed by atoms with Gasteiger partial charge in [-0.1, -0.05) is 91.0 Å². The molecule has 3 heterocycles. The molecule has 6 heteroatoms. The summed E-state index contributed by atoms with van der Waals surface area (Å²) in [7, 11) is 0. The minimum absolute atomic E-state index is 0.262. The lowest BCUT2D eigenvalue weighted by atomic mass is 9.80. The average molecular weight is 483 g/mol. The van der Waals surface area contributed by atoms with E-state index in [1.807, 2.05) is 79.2 Å². The van der Waals surface area contributed by atoms with Crippen molar-refractivity contribution in [2.24, 2.45) is 0 Å². The van der Waals surface area contributed by atoms with Crippen molar-refractivity contribution in [1.29, 1.82) is 0 Å². The summed E-state index contributed by atoms with van der Waals surface area (Å²) in [4.78, 5) is 4.20. The molecule has 4 atom stereocenters. The molecule has 6 rings (SSSR count). The van der Waals surface area contributed by atoms with Gasteiger partial charge in [0.2, 0.25) is 0 Å². The third-order valence-electron chi connectivity index (χ3n) is 6.95. The largest absolute Gasteiger partial charge is 0.358 e. The van der Waals surface area contributed by atoms with E-state index < -0.39 is 11.4 Å². The molecule has 2 saturated heterocycles. The van der Waals surface area contributed by atoms with E-state index in [2.05, 4.69) is 41.4 Å². The van der Waals surface area contributed by atoms with Gasteiger partial charge >= 0.3 is 0 Å². The summed E-state index contributed by atoms with van der Waals surface area (Å²) in [6.45, 7) is 4.19. The zero-order valence-corrected chi connectivity index (χ0v) is 20.4. The molecule has 184 valence electrons. The molecule has 0 bridgehead atoms. The van der Waals surface area contributed by atoms with E-state index in [1.54, 1.807) is 12.5 Å². The lowest BCUT2D eigenvalue weighted by molar-refractivity contribution is -0.205. The highest BCUT2D eigenvalue weighted by Crippen LogP contribution is 2.45. The van der Waals surface area contributed by atoms with Crippen LogP contribution in [0.2, 0.25) is 0 Å². The Labute approximate surface area is 211 Å². The van der Waals surface area contributed by atoms with Crippen LogP contribution in [-0.4, -0.2) is 40.3 Å². The van der Waals surface area contributed by atoms with E-state index in [1.165, 1.54) is 0 Å². The number of imidazole rings is 1. The van der Waals surface area contributed by atoms with Crippen LogP contribution in [0.15, 0.2) is 110 Å². The molecule has 0 amide bonds. The molecule has 4 aromatic rings. The summed E-state index contributed by atoms with van der Waals surface area (Å²) in [6, 6.07) is 31.1. The van der Waals surface area contributed by atoms with Gasteiger partial charge in [0.1, 0.15) is 23.9 Å². The Morgan fingerprint density at radius 2 is 1.33 bits per heavy atom. The smallest absolute Gasteiger partial charge is 0.164 e.